The van der Waals surface area contributed by atoms with Gasteiger partial charge in [-0.2, -0.15) is 0 Å². The monoisotopic (exact) mass is 642 g/mol. The summed E-state index contributed by atoms with van der Waals surface area (Å²) in [4.78, 5) is 24.7. The predicted molar refractivity (Wildman–Crippen MR) is 167 cm³/mol. The van der Waals surface area contributed by atoms with E-state index in [1.165, 1.54) is 12.1 Å². The zero-order valence-electron chi connectivity index (χ0n) is 24.1. The predicted octanol–water partition coefficient (Wildman–Crippen LogP) is 4.06. The van der Waals surface area contributed by atoms with E-state index < -0.39 is 18.7 Å². The average molecular weight is 643 g/mol. The first-order chi connectivity index (χ1) is 19.7. The molecule has 2 atom stereocenters. The van der Waals surface area contributed by atoms with Gasteiger partial charge in [0.1, 0.15) is 0 Å². The number of hydrogen-bond acceptors (Lipinski definition) is 7. The lowest BCUT2D eigenvalue weighted by Crippen LogP contribution is -2.44. The molecule has 2 unspecified atom stereocenters. The molecule has 0 spiro atoms. The van der Waals surface area contributed by atoms with Crippen LogP contribution in [0.3, 0.4) is 0 Å². The second-order valence-corrected chi connectivity index (χ2v) is 11.3. The Kier molecular flexibility index (Phi) is 12.9. The number of anilines is 2. The maximum absolute atomic E-state index is 14.1. The fourth-order valence-electron chi connectivity index (χ4n) is 6.03. The summed E-state index contributed by atoms with van der Waals surface area (Å²) in [6.07, 6.45) is 5.97. The first-order valence-electron chi connectivity index (χ1n) is 14.4. The molecule has 0 aliphatic carbocycles. The number of carbonyl (C=O) groups is 2. The lowest BCUT2D eigenvalue weighted by atomic mass is 9.79. The molecule has 0 aromatic heterocycles. The number of fused-ring (bicyclic) bond motifs is 2. The minimum absolute atomic E-state index is 0. The van der Waals surface area contributed by atoms with E-state index in [9.17, 15) is 23.4 Å². The summed E-state index contributed by atoms with van der Waals surface area (Å²) in [5.41, 5.74) is 2.62. The van der Waals surface area contributed by atoms with Gasteiger partial charge in [-0.05, 0) is 119 Å². The van der Waals surface area contributed by atoms with Crippen LogP contribution in [0, 0.1) is 23.5 Å². The van der Waals surface area contributed by atoms with E-state index in [4.69, 9.17) is 9.47 Å². The Labute approximate surface area is 263 Å². The van der Waals surface area contributed by atoms with E-state index in [2.05, 4.69) is 16.0 Å². The average Bonchev–Trinajstić information content (AvgIpc) is 2.93. The summed E-state index contributed by atoms with van der Waals surface area (Å²) in [6, 6.07) is 6.61. The molecule has 4 heterocycles. The zero-order chi connectivity index (χ0) is 28.9. The number of carbonyl (C=O) groups excluding carboxylic acids is 2. The Bertz CT molecular complexity index is 1290. The Balaban J connectivity index is 0.000000227. The number of halogens is 4. The summed E-state index contributed by atoms with van der Waals surface area (Å²) in [6.45, 7) is 5.26. The highest BCUT2D eigenvalue weighted by molar-refractivity contribution is 6.45. The first kappa shape index (κ1) is 34.9. The third-order valence-corrected chi connectivity index (χ3v) is 7.98. The number of rotatable bonds is 5. The standard InChI is InChI=1S/C15H20BFN2O3.C14H17FN2O2.2ClH/c1-16(21)19-4-2-3-10(8-19)5-11-6-12(17)15-13(7-11)18-14(20)9-22-15;15-11-5-10(4-9-2-1-3-16-7-9)6-12-14(11)19-8-13(18)17-12;;/h6-7,10,21H,2-5,8-9H2,1H3,(H,18,20);5-6,9,16H,1-4,7-8H2,(H,17,18);2*1H. The Morgan fingerprint density at radius 3 is 1.93 bits per heavy atom. The van der Waals surface area contributed by atoms with Gasteiger partial charge >= 0.3 is 7.05 Å². The summed E-state index contributed by atoms with van der Waals surface area (Å²) < 4.78 is 38.3. The van der Waals surface area contributed by atoms with Crippen LogP contribution in [0.5, 0.6) is 11.5 Å². The highest BCUT2D eigenvalue weighted by Gasteiger charge is 2.27. The molecular weight excluding hydrogens is 604 g/mol. The molecule has 14 heteroatoms. The third-order valence-electron chi connectivity index (χ3n) is 7.98. The maximum Gasteiger partial charge on any atom is 0.376 e. The Morgan fingerprint density at radius 1 is 0.884 bits per heavy atom. The Morgan fingerprint density at radius 2 is 1.42 bits per heavy atom. The summed E-state index contributed by atoms with van der Waals surface area (Å²) in [7, 11) is -0.448. The van der Waals surface area contributed by atoms with E-state index in [0.29, 0.717) is 23.2 Å². The van der Waals surface area contributed by atoms with Crippen LogP contribution >= 0.6 is 24.8 Å². The van der Waals surface area contributed by atoms with Crippen molar-refractivity contribution in [3.63, 3.8) is 0 Å². The molecule has 2 amide bonds. The van der Waals surface area contributed by atoms with Gasteiger partial charge in [-0.15, -0.1) is 24.8 Å². The van der Waals surface area contributed by atoms with Crippen molar-refractivity contribution < 1.29 is 32.9 Å². The summed E-state index contributed by atoms with van der Waals surface area (Å²) >= 11 is 0. The van der Waals surface area contributed by atoms with Crippen molar-refractivity contribution in [1.82, 2.24) is 10.1 Å². The number of amides is 2. The van der Waals surface area contributed by atoms with E-state index in [0.717, 1.165) is 75.8 Å². The van der Waals surface area contributed by atoms with Crippen LogP contribution in [-0.4, -0.2) is 68.1 Å². The van der Waals surface area contributed by atoms with Crippen molar-refractivity contribution in [1.29, 1.82) is 0 Å². The van der Waals surface area contributed by atoms with Gasteiger partial charge in [0.25, 0.3) is 11.8 Å². The number of hydrogen-bond donors (Lipinski definition) is 4. The van der Waals surface area contributed by atoms with Crippen LogP contribution in [0.15, 0.2) is 24.3 Å². The molecule has 43 heavy (non-hydrogen) atoms. The van der Waals surface area contributed by atoms with Gasteiger partial charge in [0, 0.05) is 0 Å². The van der Waals surface area contributed by atoms with Crippen molar-refractivity contribution in [2.45, 2.75) is 45.3 Å². The van der Waals surface area contributed by atoms with E-state index in [-0.39, 0.29) is 61.3 Å². The van der Waals surface area contributed by atoms with E-state index >= 15 is 0 Å². The van der Waals surface area contributed by atoms with Gasteiger partial charge in [0.15, 0.2) is 36.3 Å². The maximum atomic E-state index is 14.1. The lowest BCUT2D eigenvalue weighted by Gasteiger charge is -2.33. The molecule has 2 aromatic rings. The largest absolute Gasteiger partial charge is 0.478 e. The summed E-state index contributed by atoms with van der Waals surface area (Å²) in [5.74, 6) is -0.132. The van der Waals surface area contributed by atoms with Gasteiger partial charge < -0.3 is 35.3 Å². The topological polar surface area (TPSA) is 112 Å². The van der Waals surface area contributed by atoms with Gasteiger partial charge in [-0.25, -0.2) is 8.78 Å². The normalized spacial score (nSPS) is 21.0. The van der Waals surface area contributed by atoms with Crippen molar-refractivity contribution in [2.24, 2.45) is 11.8 Å². The van der Waals surface area contributed by atoms with Crippen molar-refractivity contribution >= 4 is 55.1 Å². The number of nitrogens with one attached hydrogen (secondary N) is 3. The Hall–Kier alpha value is -2.64. The fraction of sp³-hybridized carbons (Fsp3) is 0.517. The molecular formula is C29H39BCl2F2N4O5. The number of benzene rings is 2. The highest BCUT2D eigenvalue weighted by Crippen LogP contribution is 2.34. The van der Waals surface area contributed by atoms with Crippen LogP contribution in [0.1, 0.15) is 36.8 Å². The number of piperidine rings is 2. The van der Waals surface area contributed by atoms with Gasteiger partial charge in [-0.3, -0.25) is 9.59 Å². The highest BCUT2D eigenvalue weighted by atomic mass is 35.5. The van der Waals surface area contributed by atoms with Crippen molar-refractivity contribution in [3.8, 4) is 11.5 Å². The molecule has 0 radical (unpaired) electrons. The molecule has 4 aliphatic rings. The van der Waals surface area contributed by atoms with Crippen LogP contribution in [0.4, 0.5) is 20.2 Å². The molecule has 2 fully saturated rings. The van der Waals surface area contributed by atoms with E-state index in [1.807, 2.05) is 10.9 Å². The fourth-order valence-corrected chi connectivity index (χ4v) is 6.03. The first-order valence-corrected chi connectivity index (χ1v) is 14.4. The molecule has 2 saturated heterocycles. The van der Waals surface area contributed by atoms with Gasteiger partial charge in [0.05, 0.1) is 11.4 Å². The van der Waals surface area contributed by atoms with Crippen LogP contribution in [0.2, 0.25) is 6.82 Å². The second-order valence-electron chi connectivity index (χ2n) is 11.3. The minimum Gasteiger partial charge on any atom is -0.478 e. The number of ether oxygens (including phenoxy) is 2. The smallest absolute Gasteiger partial charge is 0.376 e. The molecule has 4 aliphatic heterocycles. The van der Waals surface area contributed by atoms with Crippen molar-refractivity contribution in [2.75, 3.05) is 50.0 Å². The van der Waals surface area contributed by atoms with Gasteiger partial charge in [0.2, 0.25) is 0 Å². The molecule has 6 rings (SSSR count). The molecule has 2 aromatic carbocycles. The second kappa shape index (κ2) is 15.9. The van der Waals surface area contributed by atoms with Crippen LogP contribution in [0.25, 0.3) is 0 Å². The molecule has 0 saturated carbocycles. The minimum atomic E-state index is -0.448. The van der Waals surface area contributed by atoms with Crippen molar-refractivity contribution in [3.05, 3.63) is 47.0 Å². The third kappa shape index (κ3) is 9.18. The summed E-state index contributed by atoms with van der Waals surface area (Å²) in [5, 5.41) is 18.4. The molecule has 9 nitrogen and oxygen atoms in total. The van der Waals surface area contributed by atoms with Gasteiger partial charge in [-0.1, -0.05) is 0 Å². The quantitative estimate of drug-likeness (QED) is 0.364. The SMILES string of the molecule is CB(O)N1CCCC(Cc2cc(F)c3c(c2)NC(=O)CO3)C1.Cl.Cl.O=C1COc2c(F)cc(CC3CCCNC3)cc2N1. The molecule has 236 valence electrons. The van der Waals surface area contributed by atoms with E-state index in [1.54, 1.807) is 12.9 Å². The van der Waals surface area contributed by atoms with Crippen LogP contribution in [-0.2, 0) is 22.4 Å². The van der Waals surface area contributed by atoms with Crippen LogP contribution < -0.4 is 25.4 Å². The number of nitrogens with zero attached hydrogens (tertiary/aromatic N) is 1. The molecule has 0 bridgehead atoms. The molecule has 4 N–H and O–H groups in total. The zero-order valence-corrected chi connectivity index (χ0v) is 25.8. The lowest BCUT2D eigenvalue weighted by molar-refractivity contribution is -0.119.